The van der Waals surface area contributed by atoms with Crippen LogP contribution in [0.25, 0.3) is 0 Å². The SMILES string of the molecule is COC(=O)N1CCC(c2ccc(Cl)cc2)([C@H](N)C(=O)Nc2cccc(F)c2CC[C@H]2CN[C@@H]3CCCS(O)(O)N2C3)CC1. The second kappa shape index (κ2) is 13.3. The Hall–Kier alpha value is -2.45. The lowest BCUT2D eigenvalue weighted by atomic mass is 9.67. The van der Waals surface area contributed by atoms with Gasteiger partial charge in [-0.3, -0.25) is 13.9 Å². The van der Waals surface area contributed by atoms with Crippen molar-refractivity contribution in [3.63, 3.8) is 0 Å². The van der Waals surface area contributed by atoms with Crippen LogP contribution in [0.3, 0.4) is 0 Å². The molecular weight excluding hydrogens is 597 g/mol. The molecule has 0 spiro atoms. The molecule has 3 aliphatic rings. The van der Waals surface area contributed by atoms with Crippen LogP contribution in [0.4, 0.5) is 14.9 Å². The Morgan fingerprint density at radius 3 is 2.65 bits per heavy atom. The molecule has 1 unspecified atom stereocenters. The number of piperidine rings is 1. The van der Waals surface area contributed by atoms with Crippen molar-refractivity contribution in [2.45, 2.75) is 62.1 Å². The van der Waals surface area contributed by atoms with Crippen molar-refractivity contribution >= 4 is 40.1 Å². The Labute approximate surface area is 258 Å². The number of hydrogen-bond acceptors (Lipinski definition) is 8. The lowest BCUT2D eigenvalue weighted by molar-refractivity contribution is -0.119. The fourth-order valence-electron chi connectivity index (χ4n) is 6.75. The van der Waals surface area contributed by atoms with E-state index in [1.165, 1.54) is 13.2 Å². The van der Waals surface area contributed by atoms with Crippen molar-refractivity contribution in [3.05, 3.63) is 64.4 Å². The first kappa shape index (κ1) is 32.0. The van der Waals surface area contributed by atoms with Crippen molar-refractivity contribution in [2.24, 2.45) is 5.73 Å². The zero-order valence-electron chi connectivity index (χ0n) is 24.3. The maximum Gasteiger partial charge on any atom is 0.409 e. The molecule has 3 heterocycles. The molecule has 0 aromatic heterocycles. The number of carbonyl (C=O) groups excluding carboxylic acids is 2. The van der Waals surface area contributed by atoms with Crippen LogP contribution in [-0.4, -0.2) is 87.5 Å². The first-order chi connectivity index (χ1) is 20.5. The first-order valence-electron chi connectivity index (χ1n) is 14.7. The lowest BCUT2D eigenvalue weighted by Gasteiger charge is -2.49. The van der Waals surface area contributed by atoms with E-state index in [1.807, 2.05) is 12.1 Å². The van der Waals surface area contributed by atoms with Crippen LogP contribution in [-0.2, 0) is 21.4 Å². The number of nitrogens with zero attached hydrogens (tertiary/aromatic N) is 2. The van der Waals surface area contributed by atoms with E-state index in [0.29, 0.717) is 67.5 Å². The topological polar surface area (TPSA) is 140 Å². The predicted molar refractivity (Wildman–Crippen MR) is 167 cm³/mol. The van der Waals surface area contributed by atoms with Gasteiger partial charge < -0.3 is 26.0 Å². The van der Waals surface area contributed by atoms with Gasteiger partial charge in [-0.1, -0.05) is 29.8 Å². The number of nitrogens with one attached hydrogen (secondary N) is 2. The predicted octanol–water partition coefficient (Wildman–Crippen LogP) is 4.58. The van der Waals surface area contributed by atoms with Crippen LogP contribution in [0.2, 0.25) is 5.02 Å². The van der Waals surface area contributed by atoms with Gasteiger partial charge in [-0.15, -0.1) is 10.8 Å². The Morgan fingerprint density at radius 1 is 1.23 bits per heavy atom. The number of halogens is 2. The summed E-state index contributed by atoms with van der Waals surface area (Å²) in [5.41, 5.74) is 7.46. The van der Waals surface area contributed by atoms with Crippen LogP contribution >= 0.6 is 22.4 Å². The fourth-order valence-corrected chi connectivity index (χ4v) is 8.74. The summed E-state index contributed by atoms with van der Waals surface area (Å²) in [5.74, 6) is -0.570. The second-order valence-electron chi connectivity index (χ2n) is 11.7. The number of nitrogens with two attached hydrogens (primary N) is 1. The van der Waals surface area contributed by atoms with Crippen LogP contribution in [0.1, 0.15) is 43.2 Å². The highest BCUT2D eigenvalue weighted by molar-refractivity contribution is 8.22. The molecule has 0 radical (unpaired) electrons. The minimum absolute atomic E-state index is 0.182. The molecule has 5 rings (SSSR count). The van der Waals surface area contributed by atoms with Crippen molar-refractivity contribution in [2.75, 3.05) is 44.4 Å². The normalized spacial score (nSPS) is 26.1. The van der Waals surface area contributed by atoms with Gasteiger partial charge in [-0.05, 0) is 68.4 Å². The van der Waals surface area contributed by atoms with E-state index in [0.717, 1.165) is 18.4 Å². The van der Waals surface area contributed by atoms with Gasteiger partial charge in [0.15, 0.2) is 0 Å². The monoisotopic (exact) mass is 637 g/mol. The van der Waals surface area contributed by atoms with Gasteiger partial charge in [0.05, 0.1) is 18.9 Å². The van der Waals surface area contributed by atoms with E-state index in [1.54, 1.807) is 33.5 Å². The average molecular weight is 638 g/mol. The van der Waals surface area contributed by atoms with E-state index < -0.39 is 40.1 Å². The number of carbonyl (C=O) groups is 2. The van der Waals surface area contributed by atoms with Crippen molar-refractivity contribution in [1.82, 2.24) is 14.5 Å². The molecule has 6 N–H and O–H groups in total. The molecule has 2 amide bonds. The largest absolute Gasteiger partial charge is 0.453 e. The molecule has 3 fully saturated rings. The minimum atomic E-state index is -2.88. The van der Waals surface area contributed by atoms with Crippen LogP contribution in [0, 0.1) is 5.82 Å². The number of ether oxygens (including phenoxy) is 1. The molecule has 3 aliphatic heterocycles. The van der Waals surface area contributed by atoms with E-state index in [2.05, 4.69) is 10.6 Å². The molecule has 2 aromatic rings. The molecule has 0 saturated carbocycles. The number of rotatable bonds is 7. The summed E-state index contributed by atoms with van der Waals surface area (Å²) in [5, 5.41) is 6.95. The van der Waals surface area contributed by atoms with Crippen molar-refractivity contribution < 1.29 is 27.8 Å². The Balaban J connectivity index is 1.34. The summed E-state index contributed by atoms with van der Waals surface area (Å²) in [7, 11) is -1.55. The molecule has 0 aliphatic carbocycles. The van der Waals surface area contributed by atoms with E-state index >= 15 is 4.39 Å². The number of piperazine rings is 1. The highest BCUT2D eigenvalue weighted by Crippen LogP contribution is 2.49. The summed E-state index contributed by atoms with van der Waals surface area (Å²) in [6, 6.07) is 10.8. The number of fused-ring (bicyclic) bond motifs is 2. The molecule has 236 valence electrons. The third-order valence-electron chi connectivity index (χ3n) is 9.29. The number of benzene rings is 2. The minimum Gasteiger partial charge on any atom is -0.453 e. The smallest absolute Gasteiger partial charge is 0.409 e. The lowest BCUT2D eigenvalue weighted by Crippen LogP contribution is -2.58. The van der Waals surface area contributed by atoms with Gasteiger partial charge in [0.2, 0.25) is 5.91 Å². The zero-order chi connectivity index (χ0) is 30.8. The third kappa shape index (κ3) is 6.80. The van der Waals surface area contributed by atoms with Crippen molar-refractivity contribution in [1.29, 1.82) is 0 Å². The average Bonchev–Trinajstić information content (AvgIpc) is 3.12. The van der Waals surface area contributed by atoms with E-state index in [4.69, 9.17) is 22.1 Å². The van der Waals surface area contributed by atoms with Gasteiger partial charge in [-0.2, -0.15) is 0 Å². The summed E-state index contributed by atoms with van der Waals surface area (Å²) in [6.07, 6.45) is 2.81. The highest BCUT2D eigenvalue weighted by Gasteiger charge is 2.46. The summed E-state index contributed by atoms with van der Waals surface area (Å²) in [6.45, 7) is 1.83. The number of anilines is 1. The summed E-state index contributed by atoms with van der Waals surface area (Å²) >= 11 is 6.15. The second-order valence-corrected chi connectivity index (χ2v) is 14.3. The zero-order valence-corrected chi connectivity index (χ0v) is 25.9. The van der Waals surface area contributed by atoms with Crippen molar-refractivity contribution in [3.8, 4) is 0 Å². The van der Waals surface area contributed by atoms with Gasteiger partial charge >= 0.3 is 6.09 Å². The van der Waals surface area contributed by atoms with Gasteiger partial charge in [0, 0.05) is 60.0 Å². The number of methoxy groups -OCH3 is 1. The van der Waals surface area contributed by atoms with E-state index in [-0.39, 0.29) is 18.5 Å². The van der Waals surface area contributed by atoms with Crippen LogP contribution < -0.4 is 16.4 Å². The fraction of sp³-hybridized carbons (Fsp3) is 0.533. The molecule has 3 saturated heterocycles. The molecule has 2 bridgehead atoms. The summed E-state index contributed by atoms with van der Waals surface area (Å²) < 4.78 is 43.5. The van der Waals surface area contributed by atoms with Gasteiger partial charge in [0.25, 0.3) is 0 Å². The van der Waals surface area contributed by atoms with Crippen LogP contribution in [0.15, 0.2) is 42.5 Å². The maximum atomic E-state index is 15.2. The molecule has 2 aromatic carbocycles. The third-order valence-corrected chi connectivity index (χ3v) is 11.6. The number of likely N-dealkylation sites (tertiary alicyclic amines) is 1. The van der Waals surface area contributed by atoms with E-state index in [9.17, 15) is 18.7 Å². The Morgan fingerprint density at radius 2 is 1.95 bits per heavy atom. The molecular formula is C30H41ClFN5O5S. The van der Waals surface area contributed by atoms with Gasteiger partial charge in [0.1, 0.15) is 5.82 Å². The molecule has 43 heavy (non-hydrogen) atoms. The van der Waals surface area contributed by atoms with Crippen LogP contribution in [0.5, 0.6) is 0 Å². The Bertz CT molecular complexity index is 1310. The van der Waals surface area contributed by atoms with Gasteiger partial charge in [-0.25, -0.2) is 13.5 Å². The highest BCUT2D eigenvalue weighted by atomic mass is 35.5. The standard InChI is InChI=1S/C30H41ClFN5O5S/c1-42-29(39)36-15-13-30(14-16-36,20-7-9-21(31)10-8-20)27(33)28(38)35-26-6-2-5-25(32)24(26)12-11-23-18-34-22-4-3-17-43(40,41)37(23)19-22/h2,5-10,22-23,27,34,40-41H,3-4,11-19,33H2,1H3,(H,35,38)/t22-,23+,27-/m1/s1. The molecule has 13 heteroatoms. The molecule has 4 atom stereocenters. The Kier molecular flexibility index (Phi) is 9.86. The first-order valence-corrected chi connectivity index (χ1v) is 16.8. The maximum absolute atomic E-state index is 15.2. The summed E-state index contributed by atoms with van der Waals surface area (Å²) in [4.78, 5) is 27.5. The number of amides is 2. The molecule has 10 nitrogen and oxygen atoms in total. The number of hydrogen-bond donors (Lipinski definition) is 5. The quantitative estimate of drug-likeness (QED) is 0.297.